The van der Waals surface area contributed by atoms with Crippen molar-refractivity contribution in [3.8, 4) is 0 Å². The van der Waals surface area contributed by atoms with Gasteiger partial charge in [0.25, 0.3) is 0 Å². The number of ketones is 1. The van der Waals surface area contributed by atoms with Gasteiger partial charge in [-0.2, -0.15) is 0 Å². The van der Waals surface area contributed by atoms with Crippen molar-refractivity contribution in [1.82, 2.24) is 4.72 Å². The third-order valence-electron chi connectivity index (χ3n) is 4.21. The van der Waals surface area contributed by atoms with Gasteiger partial charge in [0.1, 0.15) is 0 Å². The van der Waals surface area contributed by atoms with Crippen LogP contribution in [0.5, 0.6) is 0 Å². The third-order valence-corrected chi connectivity index (χ3v) is 5.95. The summed E-state index contributed by atoms with van der Waals surface area (Å²) in [6.45, 7) is 5.18. The Morgan fingerprint density at radius 3 is 2.26 bits per heavy atom. The fourth-order valence-electron chi connectivity index (χ4n) is 2.49. The van der Waals surface area contributed by atoms with Crippen LogP contribution in [0.25, 0.3) is 0 Å². The minimum absolute atomic E-state index is 0.0323. The van der Waals surface area contributed by atoms with E-state index in [1.54, 1.807) is 6.07 Å². The Kier molecular flexibility index (Phi) is 6.41. The smallest absolute Gasteiger partial charge is 0.340 e. The molecular formula is C19H20ClNO5S. The molecule has 0 fully saturated rings. The average molecular weight is 410 g/mol. The molecular weight excluding hydrogens is 390 g/mol. The molecule has 0 aromatic heterocycles. The molecule has 0 aliphatic carbocycles. The Hall–Kier alpha value is -2.22. The number of ether oxygens (including phenoxy) is 1. The number of aryl methyl sites for hydroxylation is 3. The van der Waals surface area contributed by atoms with Crippen LogP contribution in [0.2, 0.25) is 5.02 Å². The quantitative estimate of drug-likeness (QED) is 0.584. The molecule has 0 aliphatic heterocycles. The lowest BCUT2D eigenvalue weighted by atomic mass is 9.98. The van der Waals surface area contributed by atoms with Crippen molar-refractivity contribution < 1.29 is 22.7 Å². The summed E-state index contributed by atoms with van der Waals surface area (Å²) < 4.78 is 31.0. The zero-order valence-corrected chi connectivity index (χ0v) is 17.0. The SMILES string of the molecule is CNS(=O)(=O)c1ccc(Cl)c(C(=O)OCC(=O)c2cc(C)c(C)cc2C)c1. The van der Waals surface area contributed by atoms with Crippen LogP contribution >= 0.6 is 11.6 Å². The van der Waals surface area contributed by atoms with E-state index in [2.05, 4.69) is 4.72 Å². The second-order valence-corrected chi connectivity index (χ2v) is 8.39. The number of sulfonamides is 1. The topological polar surface area (TPSA) is 89.5 Å². The maximum atomic E-state index is 12.4. The molecule has 0 radical (unpaired) electrons. The lowest BCUT2D eigenvalue weighted by molar-refractivity contribution is 0.0474. The predicted molar refractivity (Wildman–Crippen MR) is 103 cm³/mol. The first-order valence-electron chi connectivity index (χ1n) is 8.08. The van der Waals surface area contributed by atoms with Gasteiger partial charge in [-0.15, -0.1) is 0 Å². The summed E-state index contributed by atoms with van der Waals surface area (Å²) >= 11 is 5.98. The Morgan fingerprint density at radius 1 is 1.00 bits per heavy atom. The number of benzene rings is 2. The van der Waals surface area contributed by atoms with Crippen LogP contribution in [0.3, 0.4) is 0 Å². The summed E-state index contributed by atoms with van der Waals surface area (Å²) in [7, 11) is -2.49. The number of hydrogen-bond acceptors (Lipinski definition) is 5. The van der Waals surface area contributed by atoms with Gasteiger partial charge in [-0.05, 0) is 68.8 Å². The van der Waals surface area contributed by atoms with Crippen molar-refractivity contribution in [3.05, 3.63) is 63.2 Å². The molecule has 2 aromatic rings. The molecule has 0 unspecified atom stereocenters. The highest BCUT2D eigenvalue weighted by molar-refractivity contribution is 7.89. The molecule has 6 nitrogen and oxygen atoms in total. The molecule has 0 bridgehead atoms. The van der Waals surface area contributed by atoms with E-state index in [9.17, 15) is 18.0 Å². The van der Waals surface area contributed by atoms with E-state index < -0.39 is 22.6 Å². The molecule has 0 heterocycles. The Bertz CT molecular complexity index is 1020. The molecule has 0 atom stereocenters. The van der Waals surface area contributed by atoms with Gasteiger partial charge in [0.15, 0.2) is 6.61 Å². The van der Waals surface area contributed by atoms with E-state index in [0.29, 0.717) is 5.56 Å². The normalized spacial score (nSPS) is 11.3. The second-order valence-electron chi connectivity index (χ2n) is 6.10. The van der Waals surface area contributed by atoms with Gasteiger partial charge in [0, 0.05) is 5.56 Å². The van der Waals surface area contributed by atoms with Crippen molar-refractivity contribution in [2.45, 2.75) is 25.7 Å². The van der Waals surface area contributed by atoms with Gasteiger partial charge in [-0.3, -0.25) is 4.79 Å². The minimum atomic E-state index is -3.74. The fourth-order valence-corrected chi connectivity index (χ4v) is 3.44. The molecule has 2 rings (SSSR count). The van der Waals surface area contributed by atoms with E-state index in [-0.39, 0.29) is 21.3 Å². The summed E-state index contributed by atoms with van der Waals surface area (Å²) in [6.07, 6.45) is 0. The molecule has 0 amide bonds. The maximum Gasteiger partial charge on any atom is 0.340 e. The molecule has 1 N–H and O–H groups in total. The summed E-state index contributed by atoms with van der Waals surface area (Å²) in [6, 6.07) is 7.33. The standard InChI is InChI=1S/C19H20ClNO5S/c1-11-7-13(3)15(8-12(11)2)18(22)10-26-19(23)16-9-14(5-6-17(16)20)27(24,25)21-4/h5-9,21H,10H2,1-4H3. The molecule has 27 heavy (non-hydrogen) atoms. The molecule has 0 saturated heterocycles. The van der Waals surface area contributed by atoms with Crippen molar-refractivity contribution >= 4 is 33.4 Å². The first kappa shape index (κ1) is 21.1. The van der Waals surface area contributed by atoms with Gasteiger partial charge < -0.3 is 4.74 Å². The zero-order valence-electron chi connectivity index (χ0n) is 15.4. The summed E-state index contributed by atoms with van der Waals surface area (Å²) in [4.78, 5) is 24.6. The number of carbonyl (C=O) groups is 2. The van der Waals surface area contributed by atoms with Gasteiger partial charge in [-0.1, -0.05) is 17.7 Å². The maximum absolute atomic E-state index is 12.4. The van der Waals surface area contributed by atoms with Crippen molar-refractivity contribution in [2.24, 2.45) is 0 Å². The van der Waals surface area contributed by atoms with E-state index >= 15 is 0 Å². The minimum Gasteiger partial charge on any atom is -0.454 e. The van der Waals surface area contributed by atoms with E-state index in [1.807, 2.05) is 26.8 Å². The predicted octanol–water partition coefficient (Wildman–Crippen LogP) is 3.21. The summed E-state index contributed by atoms with van der Waals surface area (Å²) in [5, 5.41) is 0.0323. The second kappa shape index (κ2) is 8.21. The zero-order chi connectivity index (χ0) is 20.4. The van der Waals surface area contributed by atoms with Crippen LogP contribution in [0.15, 0.2) is 35.2 Å². The lowest BCUT2D eigenvalue weighted by Crippen LogP contribution is -2.20. The number of carbonyl (C=O) groups excluding carboxylic acids is 2. The largest absolute Gasteiger partial charge is 0.454 e. The fraction of sp³-hybridized carbons (Fsp3) is 0.263. The van der Waals surface area contributed by atoms with Gasteiger partial charge in [0.05, 0.1) is 15.5 Å². The number of halogens is 1. The van der Waals surface area contributed by atoms with E-state index in [0.717, 1.165) is 22.8 Å². The first-order chi connectivity index (χ1) is 12.6. The van der Waals surface area contributed by atoms with Crippen molar-refractivity contribution in [2.75, 3.05) is 13.7 Å². The van der Waals surface area contributed by atoms with Crippen LogP contribution in [0, 0.1) is 20.8 Å². The molecule has 0 saturated carbocycles. The highest BCUT2D eigenvalue weighted by atomic mass is 35.5. The summed E-state index contributed by atoms with van der Waals surface area (Å²) in [5.74, 6) is -1.22. The van der Waals surface area contributed by atoms with Crippen LogP contribution in [-0.4, -0.2) is 33.8 Å². The lowest BCUT2D eigenvalue weighted by Gasteiger charge is -2.11. The number of esters is 1. The average Bonchev–Trinajstić information content (AvgIpc) is 2.62. The Balaban J connectivity index is 2.20. The Labute approximate surface area is 163 Å². The van der Waals surface area contributed by atoms with Crippen LogP contribution in [0.4, 0.5) is 0 Å². The molecule has 0 aliphatic rings. The Morgan fingerprint density at radius 2 is 1.63 bits per heavy atom. The van der Waals surface area contributed by atoms with Gasteiger partial charge >= 0.3 is 5.97 Å². The summed E-state index contributed by atoms with van der Waals surface area (Å²) in [5.41, 5.74) is 3.17. The van der Waals surface area contributed by atoms with Gasteiger partial charge in [0.2, 0.25) is 15.8 Å². The molecule has 144 valence electrons. The number of Topliss-reactive ketones (excluding diaryl/α,β-unsaturated/α-hetero) is 1. The number of rotatable bonds is 6. The van der Waals surface area contributed by atoms with Crippen molar-refractivity contribution in [3.63, 3.8) is 0 Å². The van der Waals surface area contributed by atoms with E-state index in [1.165, 1.54) is 19.2 Å². The van der Waals surface area contributed by atoms with Gasteiger partial charge in [-0.25, -0.2) is 17.9 Å². The van der Waals surface area contributed by atoms with Crippen LogP contribution < -0.4 is 4.72 Å². The highest BCUT2D eigenvalue weighted by Gasteiger charge is 2.20. The van der Waals surface area contributed by atoms with Crippen LogP contribution in [-0.2, 0) is 14.8 Å². The van der Waals surface area contributed by atoms with Crippen molar-refractivity contribution in [1.29, 1.82) is 0 Å². The third kappa shape index (κ3) is 4.74. The van der Waals surface area contributed by atoms with E-state index in [4.69, 9.17) is 16.3 Å². The molecule has 2 aromatic carbocycles. The monoisotopic (exact) mass is 409 g/mol. The molecule has 8 heteroatoms. The number of hydrogen-bond donors (Lipinski definition) is 1. The number of nitrogens with one attached hydrogen (secondary N) is 1. The highest BCUT2D eigenvalue weighted by Crippen LogP contribution is 2.22. The first-order valence-corrected chi connectivity index (χ1v) is 9.94. The molecule has 0 spiro atoms. The van der Waals surface area contributed by atoms with Crippen LogP contribution in [0.1, 0.15) is 37.4 Å².